The molecule has 2 heterocycles. The molecule has 2 amide bonds. The summed E-state index contributed by atoms with van der Waals surface area (Å²) < 4.78 is 0. The quantitative estimate of drug-likeness (QED) is 0.117. The molecule has 0 saturated carbocycles. The van der Waals surface area contributed by atoms with Gasteiger partial charge in [0.15, 0.2) is 0 Å². The molecule has 0 bridgehead atoms. The van der Waals surface area contributed by atoms with Crippen LogP contribution in [0.1, 0.15) is 66.2 Å². The van der Waals surface area contributed by atoms with Crippen molar-refractivity contribution >= 4 is 23.2 Å². The lowest BCUT2D eigenvalue weighted by molar-refractivity contribution is 0.0652. The lowest BCUT2D eigenvalue weighted by Gasteiger charge is -2.15. The first-order chi connectivity index (χ1) is 20.7. The Kier molecular flexibility index (Phi) is 8.43. The van der Waals surface area contributed by atoms with Crippen molar-refractivity contribution in [3.63, 3.8) is 0 Å². The highest BCUT2D eigenvalue weighted by Crippen LogP contribution is 2.46. The van der Waals surface area contributed by atoms with Gasteiger partial charge < -0.3 is 0 Å². The summed E-state index contributed by atoms with van der Waals surface area (Å²) in [5.74, 6) is -0.316. The number of rotatable bonds is 11. The molecule has 0 spiro atoms. The molecule has 0 aliphatic carbocycles. The van der Waals surface area contributed by atoms with Crippen LogP contribution in [-0.2, 0) is 0 Å². The second kappa shape index (κ2) is 12.7. The molecule has 1 aromatic heterocycles. The minimum atomic E-state index is -0.158. The van der Waals surface area contributed by atoms with E-state index in [1.54, 1.807) is 11.3 Å². The molecule has 0 atom stereocenters. The summed E-state index contributed by atoms with van der Waals surface area (Å²) in [5.41, 5.74) is 7.59. The van der Waals surface area contributed by atoms with Gasteiger partial charge in [0.2, 0.25) is 0 Å². The maximum atomic E-state index is 13.9. The van der Waals surface area contributed by atoms with Gasteiger partial charge in [-0.2, -0.15) is 0 Å². The predicted molar refractivity (Wildman–Crippen MR) is 175 cm³/mol. The van der Waals surface area contributed by atoms with Crippen LogP contribution in [-0.4, -0.2) is 23.3 Å². The highest BCUT2D eigenvalue weighted by molar-refractivity contribution is 7.20. The van der Waals surface area contributed by atoms with Crippen LogP contribution in [0.25, 0.3) is 43.1 Å². The second-order valence-electron chi connectivity index (χ2n) is 10.9. The first kappa shape index (κ1) is 27.9. The number of thiophene rings is 1. The molecule has 42 heavy (non-hydrogen) atoms. The van der Waals surface area contributed by atoms with Crippen molar-refractivity contribution in [3.05, 3.63) is 120 Å². The minimum absolute atomic E-state index is 0.158. The first-order valence-electron chi connectivity index (χ1n) is 15.0. The number of unbranched alkanes of at least 4 members (excludes halogenated alkanes) is 5. The maximum Gasteiger partial charge on any atom is 0.263 e. The smallest absolute Gasteiger partial charge is 0.263 e. The van der Waals surface area contributed by atoms with Gasteiger partial charge in [-0.1, -0.05) is 148 Å². The van der Waals surface area contributed by atoms with Gasteiger partial charge in [0.05, 0.1) is 11.1 Å². The van der Waals surface area contributed by atoms with Gasteiger partial charge in [-0.15, -0.1) is 11.3 Å². The monoisotopic (exact) mass is 569 g/mol. The second-order valence-corrected chi connectivity index (χ2v) is 11.9. The number of imide groups is 1. The molecule has 1 aliphatic rings. The van der Waals surface area contributed by atoms with Crippen LogP contribution in [0.4, 0.5) is 0 Å². The largest absolute Gasteiger partial charge is 0.274 e. The summed E-state index contributed by atoms with van der Waals surface area (Å²) in [5, 5.41) is 0. The van der Waals surface area contributed by atoms with Crippen LogP contribution in [0.5, 0.6) is 0 Å². The van der Waals surface area contributed by atoms with E-state index in [0.717, 1.165) is 62.4 Å². The fraction of sp³-hybridized carbons (Fsp3) is 0.211. The number of carbonyl (C=O) groups is 2. The zero-order valence-electron chi connectivity index (χ0n) is 24.0. The van der Waals surface area contributed by atoms with Crippen LogP contribution in [0.3, 0.4) is 0 Å². The highest BCUT2D eigenvalue weighted by Gasteiger charge is 2.41. The van der Waals surface area contributed by atoms with Crippen LogP contribution in [0.2, 0.25) is 0 Å². The third-order valence-electron chi connectivity index (χ3n) is 8.07. The lowest BCUT2D eigenvalue weighted by atomic mass is 9.99. The van der Waals surface area contributed by atoms with E-state index in [9.17, 15) is 9.59 Å². The number of carbonyl (C=O) groups excluding carboxylic acids is 2. The Morgan fingerprint density at radius 2 is 0.857 bits per heavy atom. The topological polar surface area (TPSA) is 37.4 Å². The van der Waals surface area contributed by atoms with Gasteiger partial charge in [-0.05, 0) is 39.8 Å². The molecular formula is C38H35NO2S. The number of benzene rings is 4. The van der Waals surface area contributed by atoms with Crippen LogP contribution >= 0.6 is 11.3 Å². The highest BCUT2D eigenvalue weighted by atomic mass is 32.1. The Morgan fingerprint density at radius 3 is 1.31 bits per heavy atom. The van der Waals surface area contributed by atoms with Crippen molar-refractivity contribution in [1.82, 2.24) is 4.90 Å². The number of amides is 2. The number of nitrogens with zero attached hydrogens (tertiary/aromatic N) is 1. The Labute approximate surface area is 252 Å². The van der Waals surface area contributed by atoms with Crippen LogP contribution < -0.4 is 0 Å². The Hall–Kier alpha value is -4.28. The van der Waals surface area contributed by atoms with E-state index in [-0.39, 0.29) is 11.8 Å². The minimum Gasteiger partial charge on any atom is -0.274 e. The summed E-state index contributed by atoms with van der Waals surface area (Å²) >= 11 is 1.55. The molecule has 0 unspecified atom stereocenters. The van der Waals surface area contributed by atoms with Gasteiger partial charge in [-0.3, -0.25) is 14.5 Å². The van der Waals surface area contributed by atoms with Crippen LogP contribution in [0.15, 0.2) is 109 Å². The first-order valence-corrected chi connectivity index (χ1v) is 15.8. The van der Waals surface area contributed by atoms with E-state index >= 15 is 0 Å². The van der Waals surface area contributed by atoms with E-state index in [0.29, 0.717) is 17.7 Å². The summed E-state index contributed by atoms with van der Waals surface area (Å²) in [6, 6.07) is 37.2. The van der Waals surface area contributed by atoms with Gasteiger partial charge in [-0.25, -0.2) is 0 Å². The molecule has 4 aromatic carbocycles. The molecule has 5 aromatic rings. The standard InChI is InChI=1S/C38H35NO2S/c1-2-3-4-5-6-13-26-39-37(40)33-34(38(39)41)36(32-24-20-30(21-25-32)28-16-11-8-12-17-28)42-35(33)31-22-18-29(19-23-31)27-14-9-7-10-15-27/h7-12,14-25H,2-6,13,26H2,1H3. The van der Waals surface area contributed by atoms with Crippen molar-refractivity contribution in [2.45, 2.75) is 45.4 Å². The molecule has 210 valence electrons. The summed E-state index contributed by atoms with van der Waals surface area (Å²) in [7, 11) is 0. The van der Waals surface area contributed by atoms with Gasteiger partial charge in [0, 0.05) is 16.3 Å². The van der Waals surface area contributed by atoms with E-state index in [2.05, 4.69) is 79.7 Å². The van der Waals surface area contributed by atoms with Gasteiger partial charge >= 0.3 is 0 Å². The van der Waals surface area contributed by atoms with Crippen molar-refractivity contribution in [3.8, 4) is 43.1 Å². The van der Waals surface area contributed by atoms with Crippen molar-refractivity contribution in [2.75, 3.05) is 6.54 Å². The summed E-state index contributed by atoms with van der Waals surface area (Å²) in [4.78, 5) is 30.9. The van der Waals surface area contributed by atoms with Crippen LogP contribution in [0, 0.1) is 0 Å². The van der Waals surface area contributed by atoms with E-state index in [1.165, 1.54) is 24.2 Å². The lowest BCUT2D eigenvalue weighted by Crippen LogP contribution is -2.31. The molecular weight excluding hydrogens is 534 g/mol. The molecule has 3 nitrogen and oxygen atoms in total. The average molecular weight is 570 g/mol. The molecule has 1 aliphatic heterocycles. The number of hydrogen-bond donors (Lipinski definition) is 0. The van der Waals surface area contributed by atoms with Crippen molar-refractivity contribution in [2.24, 2.45) is 0 Å². The normalized spacial score (nSPS) is 12.6. The van der Waals surface area contributed by atoms with Crippen molar-refractivity contribution < 1.29 is 9.59 Å². The Bertz CT molecular complexity index is 1550. The Balaban J connectivity index is 1.35. The zero-order valence-corrected chi connectivity index (χ0v) is 24.8. The molecule has 0 saturated heterocycles. The fourth-order valence-electron chi connectivity index (χ4n) is 5.75. The fourth-order valence-corrected chi connectivity index (χ4v) is 7.05. The zero-order chi connectivity index (χ0) is 28.9. The number of hydrogen-bond acceptors (Lipinski definition) is 3. The Morgan fingerprint density at radius 1 is 0.476 bits per heavy atom. The summed E-state index contributed by atoms with van der Waals surface area (Å²) in [6.45, 7) is 2.68. The SMILES string of the molecule is CCCCCCCCN1C(=O)c2c(-c3ccc(-c4ccccc4)cc3)sc(-c3ccc(-c4ccccc4)cc3)c2C1=O. The van der Waals surface area contributed by atoms with Crippen molar-refractivity contribution in [1.29, 1.82) is 0 Å². The third kappa shape index (κ3) is 5.60. The van der Waals surface area contributed by atoms with Gasteiger partial charge in [0.1, 0.15) is 0 Å². The molecule has 0 N–H and O–H groups in total. The van der Waals surface area contributed by atoms with E-state index in [4.69, 9.17) is 0 Å². The molecule has 0 fully saturated rings. The summed E-state index contributed by atoms with van der Waals surface area (Å²) in [6.07, 6.45) is 6.66. The number of fused-ring (bicyclic) bond motifs is 1. The van der Waals surface area contributed by atoms with E-state index < -0.39 is 0 Å². The molecule has 0 radical (unpaired) electrons. The molecule has 4 heteroatoms. The maximum absolute atomic E-state index is 13.9. The average Bonchev–Trinajstić information content (AvgIpc) is 3.56. The van der Waals surface area contributed by atoms with E-state index in [1.807, 2.05) is 36.4 Å². The van der Waals surface area contributed by atoms with Gasteiger partial charge in [0.25, 0.3) is 11.8 Å². The predicted octanol–water partition coefficient (Wildman–Crippen LogP) is 10.4. The molecule has 6 rings (SSSR count). The third-order valence-corrected chi connectivity index (χ3v) is 9.36.